The number of nitrogens with one attached hydrogen (secondary N) is 1. The van der Waals surface area contributed by atoms with E-state index in [-0.39, 0.29) is 13.1 Å². The minimum absolute atomic E-state index is 0.00846. The van der Waals surface area contributed by atoms with Crippen LogP contribution in [0.1, 0.15) is 0 Å². The summed E-state index contributed by atoms with van der Waals surface area (Å²) in [5.74, 6) is -5.77. The molecule has 0 aromatic heterocycles. The van der Waals surface area contributed by atoms with Crippen molar-refractivity contribution in [1.29, 1.82) is 0 Å². The fourth-order valence-electron chi connectivity index (χ4n) is 2.15. The molecule has 0 aromatic carbocycles. The molecule has 0 aliphatic carbocycles. The van der Waals surface area contributed by atoms with E-state index < -0.39 is 57.2 Å². The van der Waals surface area contributed by atoms with Crippen LogP contribution in [-0.4, -0.2) is 57.4 Å². The number of aliphatic carboxylic acids is 4. The molecule has 0 spiro atoms. The van der Waals surface area contributed by atoms with Gasteiger partial charge < -0.3 is 0 Å². The first kappa shape index (κ1) is 19.3. The molecule has 11 heteroatoms. The first-order chi connectivity index (χ1) is 9.54. The van der Waals surface area contributed by atoms with E-state index in [1.165, 1.54) is 0 Å². The third-order valence-corrected chi connectivity index (χ3v) is 10.5. The monoisotopic (exact) mass is 347 g/mol. The van der Waals surface area contributed by atoms with Crippen LogP contribution in [-0.2, 0) is 31.4 Å². The third-order valence-electron chi connectivity index (χ3n) is 2.66. The van der Waals surface area contributed by atoms with Crippen molar-refractivity contribution in [1.82, 2.24) is 4.30 Å². The zero-order valence-electron chi connectivity index (χ0n) is 11.2. The maximum absolute atomic E-state index is 11.1. The van der Waals surface area contributed by atoms with Gasteiger partial charge in [-0.15, -0.1) is 0 Å². The number of rotatable bonds is 11. The summed E-state index contributed by atoms with van der Waals surface area (Å²) in [6, 6.07) is 0. The predicted octanol–water partition coefficient (Wildman–Crippen LogP) is -0.849. The summed E-state index contributed by atoms with van der Waals surface area (Å²) in [6.45, 7) is -0.0629. The van der Waals surface area contributed by atoms with Crippen molar-refractivity contribution in [3.8, 4) is 0 Å². The Balaban J connectivity index is 6.04. The van der Waals surface area contributed by atoms with Crippen LogP contribution < -0.4 is 10.0 Å². The van der Waals surface area contributed by atoms with Gasteiger partial charge in [-0.05, 0) is 0 Å². The van der Waals surface area contributed by atoms with Crippen LogP contribution in [0.25, 0.3) is 0 Å². The first-order valence-corrected chi connectivity index (χ1v) is 9.99. The molecule has 0 aromatic rings. The second-order valence-electron chi connectivity index (χ2n) is 4.64. The Morgan fingerprint density at radius 1 is 0.762 bits per heavy atom. The molecule has 0 rings (SSSR count). The summed E-state index contributed by atoms with van der Waals surface area (Å²) in [6.07, 6.45) is 0. The zero-order chi connectivity index (χ0) is 16.7. The average molecular weight is 347 g/mol. The first-order valence-electron chi connectivity index (χ1n) is 5.75. The molecule has 0 amide bonds. The Hall–Kier alpha value is -1.67. The van der Waals surface area contributed by atoms with E-state index in [9.17, 15) is 19.2 Å². The normalized spacial score (nSPS) is 13.1. The Kier molecular flexibility index (Phi) is 6.79. The van der Waals surface area contributed by atoms with Gasteiger partial charge in [-0.1, -0.05) is 0 Å². The molecular weight excluding hydrogens is 328 g/mol. The molecule has 0 unspecified atom stereocenters. The van der Waals surface area contributed by atoms with Gasteiger partial charge in [0.05, 0.1) is 0 Å². The van der Waals surface area contributed by atoms with Gasteiger partial charge in [0.1, 0.15) is 0 Å². The standard InChI is InChI=1S/C2H7N2.4C2H3O2.Cr/c3-1-2-4;4*1-2(3)4;/h3H,1-2,4H2;4*1H2,(H,3,4);/q-1;;;;;+1. The van der Waals surface area contributed by atoms with Crippen molar-refractivity contribution in [3.05, 3.63) is 0 Å². The second kappa shape index (κ2) is 7.37. The van der Waals surface area contributed by atoms with Crippen molar-refractivity contribution in [3.63, 3.8) is 0 Å². The van der Waals surface area contributed by atoms with E-state index in [1.54, 1.807) is 0 Å². The van der Waals surface area contributed by atoms with E-state index >= 15 is 0 Å². The molecule has 0 bridgehead atoms. The molecular formula is C10H19CrN2O8. The van der Waals surface area contributed by atoms with E-state index in [0.717, 1.165) is 0 Å². The Morgan fingerprint density at radius 3 is 1.24 bits per heavy atom. The number of carboxylic acid groups (broad SMARTS) is 4. The van der Waals surface area contributed by atoms with Crippen LogP contribution in [0, 0.1) is 0 Å². The van der Waals surface area contributed by atoms with Crippen molar-refractivity contribution in [2.75, 3.05) is 13.1 Å². The van der Waals surface area contributed by atoms with Crippen molar-refractivity contribution in [2.24, 2.45) is 5.73 Å². The van der Waals surface area contributed by atoms with Crippen LogP contribution in [0.5, 0.6) is 0 Å². The summed E-state index contributed by atoms with van der Waals surface area (Å²) in [7, 11) is 0. The maximum atomic E-state index is 11.1. The second-order valence-corrected chi connectivity index (χ2v) is 12.5. The van der Waals surface area contributed by atoms with Gasteiger partial charge in [-0.25, -0.2) is 0 Å². The summed E-state index contributed by atoms with van der Waals surface area (Å²) in [5.41, 5.74) is 5.29. The van der Waals surface area contributed by atoms with Gasteiger partial charge in [-0.3, -0.25) is 0 Å². The van der Waals surface area contributed by atoms with Crippen LogP contribution in [0.2, 0.25) is 21.1 Å². The SMILES string of the molecule is NCC[NH][Cr]([CH2]C(=O)O)([CH2]C(=O)O)([CH2]C(=O)O)[CH2]C(=O)O. The number of hydrogen-bond donors (Lipinski definition) is 6. The molecule has 0 atom stereocenters. The van der Waals surface area contributed by atoms with E-state index in [1.807, 2.05) is 0 Å². The quantitative estimate of drug-likeness (QED) is 0.275. The zero-order valence-corrected chi connectivity index (χ0v) is 12.4. The summed E-state index contributed by atoms with van der Waals surface area (Å²) in [5, 5.41) is 32.9. The summed E-state index contributed by atoms with van der Waals surface area (Å²) in [4.78, 5) is 44.5. The molecule has 21 heavy (non-hydrogen) atoms. The molecule has 0 saturated heterocycles. The van der Waals surface area contributed by atoms with Crippen molar-refractivity contribution in [2.45, 2.75) is 21.1 Å². The number of hydrogen-bond acceptors (Lipinski definition) is 6. The molecule has 0 fully saturated rings. The predicted molar refractivity (Wildman–Crippen MR) is 66.8 cm³/mol. The number of carbonyl (C=O) groups is 4. The molecule has 0 aliphatic heterocycles. The fourth-order valence-corrected chi connectivity index (χ4v) is 8.88. The van der Waals surface area contributed by atoms with Gasteiger partial charge in [0.25, 0.3) is 0 Å². The molecule has 0 radical (unpaired) electrons. The molecule has 123 valence electrons. The van der Waals surface area contributed by atoms with Gasteiger partial charge in [0.2, 0.25) is 0 Å². The number of nitrogens with two attached hydrogens (primary N) is 1. The fraction of sp³-hybridized carbons (Fsp3) is 0.600. The molecule has 10 nitrogen and oxygen atoms in total. The Bertz CT molecular complexity index is 377. The van der Waals surface area contributed by atoms with Crippen LogP contribution >= 0.6 is 0 Å². The molecule has 0 aliphatic rings. The van der Waals surface area contributed by atoms with Gasteiger partial charge in [0.15, 0.2) is 0 Å². The van der Waals surface area contributed by atoms with Crippen LogP contribution in [0.15, 0.2) is 0 Å². The molecule has 0 heterocycles. The summed E-state index contributed by atoms with van der Waals surface area (Å²) < 4.78 is 2.64. The van der Waals surface area contributed by atoms with Crippen LogP contribution in [0.3, 0.4) is 0 Å². The molecule has 7 N–H and O–H groups in total. The Labute approximate surface area is 120 Å². The average Bonchev–Trinajstić information content (AvgIpc) is 2.21. The van der Waals surface area contributed by atoms with Crippen LogP contribution in [0.4, 0.5) is 0 Å². The minimum atomic E-state index is -4.83. The van der Waals surface area contributed by atoms with Gasteiger partial charge in [-0.2, -0.15) is 0 Å². The van der Waals surface area contributed by atoms with Crippen molar-refractivity contribution >= 4 is 23.9 Å². The van der Waals surface area contributed by atoms with E-state index in [2.05, 4.69) is 4.30 Å². The summed E-state index contributed by atoms with van der Waals surface area (Å²) >= 11 is -4.83. The Morgan fingerprint density at radius 2 is 1.05 bits per heavy atom. The molecule has 0 saturated carbocycles. The topological polar surface area (TPSA) is 187 Å². The van der Waals surface area contributed by atoms with Crippen molar-refractivity contribution < 1.29 is 51.8 Å². The van der Waals surface area contributed by atoms with Gasteiger partial charge in [0, 0.05) is 0 Å². The number of carboxylic acids is 4. The third kappa shape index (κ3) is 6.09. The van der Waals surface area contributed by atoms with E-state index in [0.29, 0.717) is 0 Å². The van der Waals surface area contributed by atoms with Gasteiger partial charge >= 0.3 is 120 Å². The van der Waals surface area contributed by atoms with E-state index in [4.69, 9.17) is 26.2 Å².